The van der Waals surface area contributed by atoms with Crippen molar-refractivity contribution in [2.24, 2.45) is 0 Å². The number of amides is 1. The number of hydrogen-bond acceptors (Lipinski definition) is 5. The molecule has 2 atom stereocenters. The summed E-state index contributed by atoms with van der Waals surface area (Å²) in [5, 5.41) is 15.0. The zero-order valence-electron chi connectivity index (χ0n) is 14.8. The maximum atomic E-state index is 12.2. The molecule has 0 aliphatic heterocycles. The van der Waals surface area contributed by atoms with Crippen molar-refractivity contribution in [2.45, 2.75) is 39.3 Å². The van der Waals surface area contributed by atoms with Gasteiger partial charge >= 0.3 is 0 Å². The SMILES string of the molecule is CCC(C)N/C=C(/C#N)C(=O)NC(C)c1ccc(OC)c(OC)c1. The Morgan fingerprint density at radius 2 is 1.96 bits per heavy atom. The molecule has 2 unspecified atom stereocenters. The van der Waals surface area contributed by atoms with E-state index in [4.69, 9.17) is 14.7 Å². The summed E-state index contributed by atoms with van der Waals surface area (Å²) in [6.45, 7) is 5.85. The number of nitrogens with zero attached hydrogens (tertiary/aromatic N) is 1. The Hall–Kier alpha value is -2.68. The summed E-state index contributed by atoms with van der Waals surface area (Å²) in [5.74, 6) is 0.788. The molecular formula is C18H25N3O3. The molecule has 6 nitrogen and oxygen atoms in total. The normalized spacial score (nSPS) is 13.4. The summed E-state index contributed by atoms with van der Waals surface area (Å²) < 4.78 is 10.5. The molecule has 0 aliphatic carbocycles. The lowest BCUT2D eigenvalue weighted by Gasteiger charge is -2.16. The van der Waals surface area contributed by atoms with Crippen LogP contribution in [-0.2, 0) is 4.79 Å². The van der Waals surface area contributed by atoms with Crippen LogP contribution in [0.1, 0.15) is 38.8 Å². The molecule has 1 amide bonds. The minimum Gasteiger partial charge on any atom is -0.493 e. The minimum absolute atomic E-state index is 0.0441. The number of nitriles is 1. The molecule has 0 bridgehead atoms. The van der Waals surface area contributed by atoms with Crippen LogP contribution >= 0.6 is 0 Å². The smallest absolute Gasteiger partial charge is 0.263 e. The molecule has 1 rings (SSSR count). The summed E-state index contributed by atoms with van der Waals surface area (Å²) >= 11 is 0. The fraction of sp³-hybridized carbons (Fsp3) is 0.444. The van der Waals surface area contributed by atoms with Crippen LogP contribution in [0.25, 0.3) is 0 Å². The number of methoxy groups -OCH3 is 2. The zero-order chi connectivity index (χ0) is 18.1. The minimum atomic E-state index is -0.421. The Kier molecular flexibility index (Phi) is 7.63. The standard InChI is InChI=1S/C18H25N3O3/c1-6-12(2)20-11-15(10-19)18(22)21-13(3)14-7-8-16(23-4)17(9-14)24-5/h7-9,11-13,20H,6H2,1-5H3,(H,21,22)/b15-11-. The van der Waals surface area contributed by atoms with Gasteiger partial charge in [-0.05, 0) is 38.0 Å². The van der Waals surface area contributed by atoms with Gasteiger partial charge in [0.1, 0.15) is 11.6 Å². The first-order chi connectivity index (χ1) is 11.5. The number of carbonyl (C=O) groups is 1. The number of hydrogen-bond donors (Lipinski definition) is 2. The Labute approximate surface area is 143 Å². The summed E-state index contributed by atoms with van der Waals surface area (Å²) in [4.78, 5) is 12.2. The van der Waals surface area contributed by atoms with Gasteiger partial charge in [-0.3, -0.25) is 4.79 Å². The van der Waals surface area contributed by atoms with E-state index in [2.05, 4.69) is 10.6 Å². The predicted molar refractivity (Wildman–Crippen MR) is 92.7 cm³/mol. The van der Waals surface area contributed by atoms with Crippen molar-refractivity contribution >= 4 is 5.91 Å². The van der Waals surface area contributed by atoms with Crippen molar-refractivity contribution in [3.05, 3.63) is 35.5 Å². The van der Waals surface area contributed by atoms with E-state index in [0.717, 1.165) is 12.0 Å². The molecule has 1 aromatic carbocycles. The fourth-order valence-corrected chi connectivity index (χ4v) is 1.97. The number of benzene rings is 1. The van der Waals surface area contributed by atoms with Gasteiger partial charge in [0.25, 0.3) is 5.91 Å². The molecule has 0 spiro atoms. The molecule has 1 aromatic rings. The molecule has 0 radical (unpaired) electrons. The second kappa shape index (κ2) is 9.46. The van der Waals surface area contributed by atoms with Gasteiger partial charge in [0.15, 0.2) is 11.5 Å². The van der Waals surface area contributed by atoms with Gasteiger partial charge in [0.05, 0.1) is 20.3 Å². The summed E-state index contributed by atoms with van der Waals surface area (Å²) in [7, 11) is 3.12. The number of rotatable bonds is 8. The molecule has 0 saturated carbocycles. The van der Waals surface area contributed by atoms with Crippen LogP contribution in [0, 0.1) is 11.3 Å². The monoisotopic (exact) mass is 331 g/mol. The first kappa shape index (κ1) is 19.4. The highest BCUT2D eigenvalue weighted by molar-refractivity contribution is 5.97. The average molecular weight is 331 g/mol. The van der Waals surface area contributed by atoms with E-state index in [1.54, 1.807) is 26.4 Å². The molecular weight excluding hydrogens is 306 g/mol. The van der Waals surface area contributed by atoms with E-state index < -0.39 is 5.91 Å². The number of carbonyl (C=O) groups excluding carboxylic acids is 1. The molecule has 2 N–H and O–H groups in total. The Balaban J connectivity index is 2.84. The third-order valence-corrected chi connectivity index (χ3v) is 3.74. The van der Waals surface area contributed by atoms with Crippen molar-refractivity contribution in [3.63, 3.8) is 0 Å². The molecule has 24 heavy (non-hydrogen) atoms. The second-order valence-electron chi connectivity index (χ2n) is 5.46. The van der Waals surface area contributed by atoms with Crippen LogP contribution < -0.4 is 20.1 Å². The van der Waals surface area contributed by atoms with E-state index in [0.29, 0.717) is 11.5 Å². The van der Waals surface area contributed by atoms with Gasteiger partial charge < -0.3 is 20.1 Å². The topological polar surface area (TPSA) is 83.4 Å². The Bertz CT molecular complexity index is 635. The van der Waals surface area contributed by atoms with Gasteiger partial charge in [-0.2, -0.15) is 5.26 Å². The maximum Gasteiger partial charge on any atom is 0.263 e. The molecule has 0 heterocycles. The highest BCUT2D eigenvalue weighted by atomic mass is 16.5. The van der Waals surface area contributed by atoms with E-state index in [1.807, 2.05) is 32.9 Å². The lowest BCUT2D eigenvalue weighted by Crippen LogP contribution is -2.29. The third kappa shape index (κ3) is 5.20. The van der Waals surface area contributed by atoms with Gasteiger partial charge in [0, 0.05) is 12.2 Å². The van der Waals surface area contributed by atoms with Crippen molar-refractivity contribution < 1.29 is 14.3 Å². The first-order valence-corrected chi connectivity index (χ1v) is 7.85. The van der Waals surface area contributed by atoms with Crippen molar-refractivity contribution in [1.82, 2.24) is 10.6 Å². The van der Waals surface area contributed by atoms with Crippen LogP contribution in [0.4, 0.5) is 0 Å². The Morgan fingerprint density at radius 1 is 1.29 bits per heavy atom. The van der Waals surface area contributed by atoms with Gasteiger partial charge in [-0.25, -0.2) is 0 Å². The third-order valence-electron chi connectivity index (χ3n) is 3.74. The second-order valence-corrected chi connectivity index (χ2v) is 5.46. The maximum absolute atomic E-state index is 12.2. The van der Waals surface area contributed by atoms with Gasteiger partial charge in [-0.1, -0.05) is 13.0 Å². The average Bonchev–Trinajstić information content (AvgIpc) is 2.61. The van der Waals surface area contributed by atoms with Crippen molar-refractivity contribution in [3.8, 4) is 17.6 Å². The number of ether oxygens (including phenoxy) is 2. The molecule has 6 heteroatoms. The highest BCUT2D eigenvalue weighted by Crippen LogP contribution is 2.29. The summed E-state index contributed by atoms with van der Waals surface area (Å²) in [6.07, 6.45) is 2.36. The fourth-order valence-electron chi connectivity index (χ4n) is 1.97. The van der Waals surface area contributed by atoms with E-state index in [9.17, 15) is 4.79 Å². The largest absolute Gasteiger partial charge is 0.493 e. The lowest BCUT2D eigenvalue weighted by molar-refractivity contribution is -0.117. The van der Waals surface area contributed by atoms with E-state index in [-0.39, 0.29) is 17.7 Å². The molecule has 0 aromatic heterocycles. The Morgan fingerprint density at radius 3 is 2.50 bits per heavy atom. The van der Waals surface area contributed by atoms with Crippen molar-refractivity contribution in [1.29, 1.82) is 5.26 Å². The number of nitrogens with one attached hydrogen (secondary N) is 2. The van der Waals surface area contributed by atoms with Crippen LogP contribution in [0.3, 0.4) is 0 Å². The van der Waals surface area contributed by atoms with Gasteiger partial charge in [-0.15, -0.1) is 0 Å². The predicted octanol–water partition coefficient (Wildman–Crippen LogP) is 2.68. The quantitative estimate of drug-likeness (QED) is 0.565. The molecule has 0 fully saturated rings. The highest BCUT2D eigenvalue weighted by Gasteiger charge is 2.15. The van der Waals surface area contributed by atoms with Gasteiger partial charge in [0.2, 0.25) is 0 Å². The van der Waals surface area contributed by atoms with Crippen LogP contribution in [0.2, 0.25) is 0 Å². The van der Waals surface area contributed by atoms with E-state index >= 15 is 0 Å². The molecule has 130 valence electrons. The molecule has 0 saturated heterocycles. The summed E-state index contributed by atoms with van der Waals surface area (Å²) in [6, 6.07) is 7.27. The van der Waals surface area contributed by atoms with E-state index in [1.165, 1.54) is 6.20 Å². The zero-order valence-corrected chi connectivity index (χ0v) is 14.8. The van der Waals surface area contributed by atoms with Crippen LogP contribution in [-0.4, -0.2) is 26.2 Å². The van der Waals surface area contributed by atoms with Crippen LogP contribution in [0.5, 0.6) is 11.5 Å². The van der Waals surface area contributed by atoms with Crippen molar-refractivity contribution in [2.75, 3.05) is 14.2 Å². The first-order valence-electron chi connectivity index (χ1n) is 7.85. The lowest BCUT2D eigenvalue weighted by atomic mass is 10.1. The molecule has 0 aliphatic rings. The van der Waals surface area contributed by atoms with Crippen LogP contribution in [0.15, 0.2) is 30.0 Å². The summed E-state index contributed by atoms with van der Waals surface area (Å²) in [5.41, 5.74) is 0.899.